The molecule has 0 N–H and O–H groups in total. The summed E-state index contributed by atoms with van der Waals surface area (Å²) in [5.41, 5.74) is 0. The third-order valence-electron chi connectivity index (χ3n) is 5.45. The fourth-order valence-corrected chi connectivity index (χ4v) is 4.14. The minimum absolute atomic E-state index is 0.124. The predicted octanol–water partition coefficient (Wildman–Crippen LogP) is 5.42. The second-order valence-corrected chi connectivity index (χ2v) is 8.16. The highest BCUT2D eigenvalue weighted by atomic mass is 35.5. The maximum atomic E-state index is 12.2. The normalized spacial score (nSPS) is 40.7. The summed E-state index contributed by atoms with van der Waals surface area (Å²) < 4.78 is 11.6. The number of halogens is 1. The summed E-state index contributed by atoms with van der Waals surface area (Å²) in [5.74, 6) is 1.55. The van der Waals surface area contributed by atoms with E-state index in [0.29, 0.717) is 24.1 Å². The summed E-state index contributed by atoms with van der Waals surface area (Å²) >= 11 is 6.83. The zero-order chi connectivity index (χ0) is 17.0. The van der Waals surface area contributed by atoms with Crippen molar-refractivity contribution in [2.24, 2.45) is 17.8 Å². The number of hydrogen-bond donors (Lipinski definition) is 0. The lowest BCUT2D eigenvalue weighted by atomic mass is 9.84. The van der Waals surface area contributed by atoms with Crippen molar-refractivity contribution in [3.63, 3.8) is 0 Å². The summed E-state index contributed by atoms with van der Waals surface area (Å²) in [6, 6.07) is 0. The van der Waals surface area contributed by atoms with Crippen LogP contribution in [0.1, 0.15) is 72.1 Å². The Kier molecular flexibility index (Phi) is 6.41. The molecule has 2 aliphatic rings. The smallest absolute Gasteiger partial charge is 0.273 e. The molecule has 2 fully saturated rings. The number of fused-ring (bicyclic) bond motifs is 1. The lowest BCUT2D eigenvalue weighted by molar-refractivity contribution is -0.122. The number of ketones is 1. The van der Waals surface area contributed by atoms with Crippen LogP contribution in [0.4, 0.5) is 0 Å². The van der Waals surface area contributed by atoms with Gasteiger partial charge in [0.05, 0.1) is 0 Å². The van der Waals surface area contributed by atoms with Crippen LogP contribution < -0.4 is 0 Å². The lowest BCUT2D eigenvalue weighted by Gasteiger charge is -2.32. The molecule has 1 saturated carbocycles. The van der Waals surface area contributed by atoms with E-state index in [2.05, 4.69) is 27.4 Å². The summed E-state index contributed by atoms with van der Waals surface area (Å²) in [6.45, 7) is 10.2. The van der Waals surface area contributed by atoms with Crippen LogP contribution >= 0.6 is 11.6 Å². The first-order valence-electron chi connectivity index (χ1n) is 9.09. The van der Waals surface area contributed by atoms with Crippen molar-refractivity contribution in [1.82, 2.24) is 0 Å². The van der Waals surface area contributed by atoms with Crippen molar-refractivity contribution >= 4 is 17.4 Å². The van der Waals surface area contributed by atoms with Crippen molar-refractivity contribution in [2.75, 3.05) is 0 Å². The van der Waals surface area contributed by atoms with E-state index >= 15 is 0 Å². The molecule has 4 heteroatoms. The van der Waals surface area contributed by atoms with Crippen LogP contribution in [0.25, 0.3) is 0 Å². The average molecular weight is 343 g/mol. The highest BCUT2D eigenvalue weighted by Gasteiger charge is 2.51. The highest BCUT2D eigenvalue weighted by molar-refractivity contribution is 6.23. The molecule has 0 aromatic heterocycles. The van der Waals surface area contributed by atoms with Gasteiger partial charge in [0.2, 0.25) is 5.06 Å². The standard InChI is InChI=1S/C19H31ClO3/c1-13-10-11-17(21)14(2)8-6-5-7-9-18-19(20,15(3)12-13)23-16(4)22-18/h13-15,18H,4-12H2,1-3H3/t13-,14+,15+,18-,19?/m0/s1. The SMILES string of the molecule is C=C1O[C@H]2CCCCC[C@@H](C)C(=O)CC[C@H](C)C[C@@H](C)C2(Cl)O1. The van der Waals surface area contributed by atoms with E-state index in [9.17, 15) is 4.79 Å². The molecule has 2 rings (SSSR count). The Bertz CT molecular complexity index is 436. The van der Waals surface area contributed by atoms with Crippen LogP contribution in [0, 0.1) is 17.8 Å². The molecule has 132 valence electrons. The number of hydrogen-bond acceptors (Lipinski definition) is 3. The van der Waals surface area contributed by atoms with Crippen LogP contribution in [-0.4, -0.2) is 16.9 Å². The van der Waals surface area contributed by atoms with Gasteiger partial charge in [-0.2, -0.15) is 0 Å². The van der Waals surface area contributed by atoms with E-state index in [1.165, 1.54) is 0 Å². The van der Waals surface area contributed by atoms with Crippen molar-refractivity contribution < 1.29 is 14.3 Å². The number of carbonyl (C=O) groups is 1. The van der Waals surface area contributed by atoms with Gasteiger partial charge in [-0.25, -0.2) is 0 Å². The summed E-state index contributed by atoms with van der Waals surface area (Å²) in [4.78, 5) is 12.2. The molecule has 0 aromatic rings. The van der Waals surface area contributed by atoms with Crippen LogP contribution in [0.2, 0.25) is 0 Å². The number of carbonyl (C=O) groups excluding carboxylic acids is 1. The molecule has 5 atom stereocenters. The first kappa shape index (κ1) is 18.6. The van der Waals surface area contributed by atoms with Gasteiger partial charge in [-0.15, -0.1) is 0 Å². The molecule has 3 nitrogen and oxygen atoms in total. The number of alkyl halides is 1. The zero-order valence-corrected chi connectivity index (χ0v) is 15.5. The summed E-state index contributed by atoms with van der Waals surface area (Å²) in [7, 11) is 0. The quantitative estimate of drug-likeness (QED) is 0.551. The molecule has 0 amide bonds. The molecular formula is C19H31ClO3. The van der Waals surface area contributed by atoms with Gasteiger partial charge in [0.1, 0.15) is 5.78 Å². The van der Waals surface area contributed by atoms with E-state index < -0.39 is 5.06 Å². The number of rotatable bonds is 0. The van der Waals surface area contributed by atoms with E-state index in [4.69, 9.17) is 21.1 Å². The topological polar surface area (TPSA) is 35.5 Å². The van der Waals surface area contributed by atoms with Gasteiger partial charge in [0.15, 0.2) is 6.10 Å². The minimum Gasteiger partial charge on any atom is -0.457 e. The lowest BCUT2D eigenvalue weighted by Crippen LogP contribution is -2.41. The fraction of sp³-hybridized carbons (Fsp3) is 0.842. The van der Waals surface area contributed by atoms with Crippen molar-refractivity contribution in [1.29, 1.82) is 0 Å². The molecule has 0 bridgehead atoms. The Morgan fingerprint density at radius 1 is 1.13 bits per heavy atom. The van der Waals surface area contributed by atoms with Gasteiger partial charge in [0, 0.05) is 18.3 Å². The van der Waals surface area contributed by atoms with Crippen molar-refractivity contribution in [3.8, 4) is 0 Å². The minimum atomic E-state index is -0.813. The Morgan fingerprint density at radius 3 is 2.57 bits per heavy atom. The van der Waals surface area contributed by atoms with Crippen LogP contribution in [0.15, 0.2) is 12.5 Å². The Morgan fingerprint density at radius 2 is 1.83 bits per heavy atom. The Labute approximate surface area is 145 Å². The molecule has 0 spiro atoms. The van der Waals surface area contributed by atoms with Crippen molar-refractivity contribution in [3.05, 3.63) is 12.5 Å². The van der Waals surface area contributed by atoms with Crippen LogP contribution in [-0.2, 0) is 14.3 Å². The molecule has 1 saturated heterocycles. The Balaban J connectivity index is 2.08. The highest BCUT2D eigenvalue weighted by Crippen LogP contribution is 2.45. The molecule has 23 heavy (non-hydrogen) atoms. The van der Waals surface area contributed by atoms with Gasteiger partial charge in [0.25, 0.3) is 5.95 Å². The molecule has 1 heterocycles. The molecular weight excluding hydrogens is 312 g/mol. The number of Topliss-reactive ketones (excluding diaryl/α,β-unsaturated/α-hetero) is 1. The van der Waals surface area contributed by atoms with Crippen molar-refractivity contribution in [2.45, 2.75) is 83.3 Å². The van der Waals surface area contributed by atoms with Gasteiger partial charge in [-0.1, -0.05) is 45.2 Å². The summed E-state index contributed by atoms with van der Waals surface area (Å²) in [6.07, 6.45) is 7.50. The second-order valence-electron chi connectivity index (χ2n) is 7.56. The van der Waals surface area contributed by atoms with Crippen LogP contribution in [0.3, 0.4) is 0 Å². The molecule has 1 unspecified atom stereocenters. The van der Waals surface area contributed by atoms with Gasteiger partial charge in [-0.3, -0.25) is 4.79 Å². The molecule has 1 aliphatic carbocycles. The third-order valence-corrected chi connectivity index (χ3v) is 6.14. The van der Waals surface area contributed by atoms with Gasteiger partial charge in [-0.05, 0) is 44.6 Å². The van der Waals surface area contributed by atoms with Gasteiger partial charge >= 0.3 is 0 Å². The largest absolute Gasteiger partial charge is 0.457 e. The average Bonchev–Trinajstić information content (AvgIpc) is 2.78. The maximum Gasteiger partial charge on any atom is 0.273 e. The number of ether oxygens (including phenoxy) is 2. The van der Waals surface area contributed by atoms with E-state index in [1.807, 2.05) is 0 Å². The predicted molar refractivity (Wildman–Crippen MR) is 93.1 cm³/mol. The third kappa shape index (κ3) is 4.65. The Hall–Kier alpha value is -0.700. The summed E-state index contributed by atoms with van der Waals surface area (Å²) in [5, 5.41) is -0.813. The monoisotopic (exact) mass is 342 g/mol. The molecule has 0 radical (unpaired) electrons. The molecule has 0 aromatic carbocycles. The maximum absolute atomic E-state index is 12.2. The first-order chi connectivity index (χ1) is 10.8. The first-order valence-corrected chi connectivity index (χ1v) is 9.47. The van der Waals surface area contributed by atoms with E-state index in [-0.39, 0.29) is 17.9 Å². The van der Waals surface area contributed by atoms with Gasteiger partial charge < -0.3 is 9.47 Å². The zero-order valence-electron chi connectivity index (χ0n) is 14.8. The van der Waals surface area contributed by atoms with E-state index in [0.717, 1.165) is 44.9 Å². The van der Waals surface area contributed by atoms with E-state index in [1.54, 1.807) is 0 Å². The fourth-order valence-electron chi connectivity index (χ4n) is 3.81. The van der Waals surface area contributed by atoms with Crippen LogP contribution in [0.5, 0.6) is 0 Å². The second kappa shape index (κ2) is 7.92. The molecule has 1 aliphatic heterocycles.